The molecule has 0 aliphatic heterocycles. The van der Waals surface area contributed by atoms with Gasteiger partial charge in [0, 0.05) is 15.8 Å². The fourth-order valence-electron chi connectivity index (χ4n) is 2.89. The van der Waals surface area contributed by atoms with Crippen molar-refractivity contribution in [2.75, 3.05) is 0 Å². The number of rotatable bonds is 8. The van der Waals surface area contributed by atoms with Crippen molar-refractivity contribution < 1.29 is 4.74 Å². The molecular formula is C24H20Cl2N4OS. The minimum absolute atomic E-state index is 0.514. The van der Waals surface area contributed by atoms with E-state index < -0.39 is 0 Å². The first-order valence-electron chi connectivity index (χ1n) is 9.88. The van der Waals surface area contributed by atoms with Gasteiger partial charge in [-0.05, 0) is 47.9 Å². The Hall–Kier alpha value is -2.80. The molecule has 4 rings (SSSR count). The van der Waals surface area contributed by atoms with Crippen LogP contribution in [0.15, 0.2) is 83.1 Å². The van der Waals surface area contributed by atoms with Crippen molar-refractivity contribution in [3.63, 3.8) is 0 Å². The van der Waals surface area contributed by atoms with E-state index in [4.69, 9.17) is 27.9 Å². The smallest absolute Gasteiger partial charge is 0.212 e. The molecule has 3 aromatic carbocycles. The molecule has 0 fully saturated rings. The summed E-state index contributed by atoms with van der Waals surface area (Å²) >= 11 is 13.8. The summed E-state index contributed by atoms with van der Waals surface area (Å²) in [5.41, 5.74) is 3.01. The fraction of sp³-hybridized carbons (Fsp3) is 0.125. The topological polar surface area (TPSA) is 52.3 Å². The van der Waals surface area contributed by atoms with Crippen LogP contribution in [0, 0.1) is 6.92 Å². The number of hydrogen-bond acceptors (Lipinski definition) is 5. The molecule has 4 aromatic rings. The van der Waals surface area contributed by atoms with Gasteiger partial charge in [0.1, 0.15) is 12.4 Å². The Labute approximate surface area is 201 Å². The Kier molecular flexibility index (Phi) is 7.47. The van der Waals surface area contributed by atoms with Gasteiger partial charge < -0.3 is 4.74 Å². The van der Waals surface area contributed by atoms with Gasteiger partial charge in [-0.3, -0.25) is 0 Å². The third-order valence-corrected chi connectivity index (χ3v) is 6.12. The second-order valence-corrected chi connectivity index (χ2v) is 8.74. The van der Waals surface area contributed by atoms with Gasteiger partial charge >= 0.3 is 0 Å². The van der Waals surface area contributed by atoms with E-state index >= 15 is 0 Å². The number of halogens is 2. The van der Waals surface area contributed by atoms with E-state index in [0.717, 1.165) is 22.4 Å². The van der Waals surface area contributed by atoms with Crippen LogP contribution in [-0.4, -0.2) is 21.1 Å². The van der Waals surface area contributed by atoms with Crippen molar-refractivity contribution in [3.8, 4) is 5.75 Å². The molecule has 0 atom stereocenters. The molecule has 5 nitrogen and oxygen atoms in total. The van der Waals surface area contributed by atoms with Gasteiger partial charge in [0.2, 0.25) is 5.16 Å². The Morgan fingerprint density at radius 1 is 1.00 bits per heavy atom. The third kappa shape index (κ3) is 5.91. The molecule has 0 N–H and O–H groups in total. The molecule has 162 valence electrons. The zero-order chi connectivity index (χ0) is 22.3. The van der Waals surface area contributed by atoms with Crippen LogP contribution in [0.25, 0.3) is 0 Å². The highest BCUT2D eigenvalue weighted by molar-refractivity contribution is 7.98. The molecule has 1 heterocycles. The van der Waals surface area contributed by atoms with Crippen LogP contribution in [0.5, 0.6) is 5.75 Å². The molecule has 0 saturated heterocycles. The van der Waals surface area contributed by atoms with E-state index in [-0.39, 0.29) is 0 Å². The minimum atomic E-state index is 0.514. The normalized spacial score (nSPS) is 11.2. The summed E-state index contributed by atoms with van der Waals surface area (Å²) in [6.45, 7) is 2.38. The van der Waals surface area contributed by atoms with E-state index in [1.54, 1.807) is 17.0 Å². The van der Waals surface area contributed by atoms with Crippen molar-refractivity contribution in [2.24, 2.45) is 5.10 Å². The number of ether oxygens (including phenoxy) is 1. The lowest BCUT2D eigenvalue weighted by Crippen LogP contribution is -1.98. The van der Waals surface area contributed by atoms with Crippen molar-refractivity contribution in [2.45, 2.75) is 24.4 Å². The first kappa shape index (κ1) is 22.4. The van der Waals surface area contributed by atoms with Gasteiger partial charge in [-0.2, -0.15) is 9.78 Å². The molecule has 8 heteroatoms. The average Bonchev–Trinajstić information content (AvgIpc) is 3.16. The molecule has 0 aliphatic carbocycles. The Balaban J connectivity index is 1.44. The number of nitrogens with zero attached hydrogens (tertiary/aromatic N) is 4. The molecule has 0 radical (unpaired) electrons. The van der Waals surface area contributed by atoms with Gasteiger partial charge in [0.15, 0.2) is 5.82 Å². The van der Waals surface area contributed by atoms with Crippen molar-refractivity contribution in [1.82, 2.24) is 14.9 Å². The number of aromatic nitrogens is 3. The third-order valence-electron chi connectivity index (χ3n) is 4.57. The predicted molar refractivity (Wildman–Crippen MR) is 131 cm³/mol. The monoisotopic (exact) mass is 482 g/mol. The van der Waals surface area contributed by atoms with Crippen LogP contribution >= 0.6 is 35.0 Å². The quantitative estimate of drug-likeness (QED) is 0.208. The Bertz CT molecular complexity index is 1230. The number of hydrogen-bond donors (Lipinski definition) is 0. The highest BCUT2D eigenvalue weighted by atomic mass is 35.5. The van der Waals surface area contributed by atoms with Crippen molar-refractivity contribution >= 4 is 41.2 Å². The van der Waals surface area contributed by atoms with E-state index in [1.807, 2.05) is 73.7 Å². The van der Waals surface area contributed by atoms with Crippen LogP contribution in [0.3, 0.4) is 0 Å². The Morgan fingerprint density at radius 3 is 2.66 bits per heavy atom. The number of aryl methyl sites for hydroxylation is 1. The molecule has 0 unspecified atom stereocenters. The SMILES string of the molecule is Cc1nnc(SCc2ccc(Cl)cc2Cl)n1/N=C/c1cccc(OCc2ccccc2)c1. The highest BCUT2D eigenvalue weighted by Crippen LogP contribution is 2.28. The summed E-state index contributed by atoms with van der Waals surface area (Å²) in [5.74, 6) is 2.11. The fourth-order valence-corrected chi connectivity index (χ4v) is 4.38. The lowest BCUT2D eigenvalue weighted by Gasteiger charge is -2.07. The van der Waals surface area contributed by atoms with E-state index in [2.05, 4.69) is 15.3 Å². The molecule has 0 bridgehead atoms. The summed E-state index contributed by atoms with van der Waals surface area (Å²) in [5, 5.41) is 14.9. The predicted octanol–water partition coefficient (Wildman–Crippen LogP) is 6.65. The lowest BCUT2D eigenvalue weighted by molar-refractivity contribution is 0.306. The average molecular weight is 483 g/mol. The zero-order valence-corrected chi connectivity index (χ0v) is 19.6. The standard InChI is InChI=1S/C24H20Cl2N4OS/c1-17-28-29-24(32-16-20-10-11-21(25)13-23(20)26)30(17)27-14-19-8-5-9-22(12-19)31-15-18-6-3-2-4-7-18/h2-14H,15-16H2,1H3/b27-14+. The molecule has 0 spiro atoms. The largest absolute Gasteiger partial charge is 0.489 e. The van der Waals surface area contributed by atoms with Gasteiger partial charge in [-0.25, -0.2) is 0 Å². The van der Waals surface area contributed by atoms with Crippen LogP contribution in [-0.2, 0) is 12.4 Å². The second kappa shape index (κ2) is 10.7. The van der Waals surface area contributed by atoms with Crippen LogP contribution in [0.2, 0.25) is 10.0 Å². The maximum Gasteiger partial charge on any atom is 0.212 e. The first-order valence-corrected chi connectivity index (χ1v) is 11.6. The zero-order valence-electron chi connectivity index (χ0n) is 17.3. The molecular weight excluding hydrogens is 463 g/mol. The minimum Gasteiger partial charge on any atom is -0.489 e. The first-order chi connectivity index (χ1) is 15.6. The molecule has 32 heavy (non-hydrogen) atoms. The summed E-state index contributed by atoms with van der Waals surface area (Å²) in [7, 11) is 0. The van der Waals surface area contributed by atoms with Crippen LogP contribution in [0.4, 0.5) is 0 Å². The van der Waals surface area contributed by atoms with Gasteiger partial charge in [-0.1, -0.05) is 83.5 Å². The van der Waals surface area contributed by atoms with Crippen LogP contribution < -0.4 is 4.74 Å². The Morgan fingerprint density at radius 2 is 1.84 bits per heavy atom. The summed E-state index contributed by atoms with van der Waals surface area (Å²) in [6.07, 6.45) is 1.77. The lowest BCUT2D eigenvalue weighted by atomic mass is 10.2. The highest BCUT2D eigenvalue weighted by Gasteiger charge is 2.10. The number of thioether (sulfide) groups is 1. The maximum atomic E-state index is 6.28. The molecule has 1 aromatic heterocycles. The van der Waals surface area contributed by atoms with E-state index in [1.165, 1.54) is 11.8 Å². The molecule has 0 saturated carbocycles. The molecule has 0 aliphatic rings. The summed E-state index contributed by atoms with van der Waals surface area (Å²) in [4.78, 5) is 0. The van der Waals surface area contributed by atoms with E-state index in [9.17, 15) is 0 Å². The summed E-state index contributed by atoms with van der Waals surface area (Å²) in [6, 6.07) is 23.3. The molecule has 0 amide bonds. The van der Waals surface area contributed by atoms with E-state index in [0.29, 0.717) is 33.4 Å². The second-order valence-electron chi connectivity index (χ2n) is 6.96. The van der Waals surface area contributed by atoms with Gasteiger partial charge in [0.05, 0.1) is 6.21 Å². The summed E-state index contributed by atoms with van der Waals surface area (Å²) < 4.78 is 7.62. The number of benzene rings is 3. The maximum absolute atomic E-state index is 6.28. The van der Waals surface area contributed by atoms with Crippen molar-refractivity contribution in [1.29, 1.82) is 0 Å². The van der Waals surface area contributed by atoms with Crippen LogP contribution in [0.1, 0.15) is 22.5 Å². The van der Waals surface area contributed by atoms with Gasteiger partial charge in [0.25, 0.3) is 0 Å². The van der Waals surface area contributed by atoms with Gasteiger partial charge in [-0.15, -0.1) is 10.2 Å². The van der Waals surface area contributed by atoms with Crippen molar-refractivity contribution in [3.05, 3.63) is 105 Å².